The number of hydrogen-bond donors (Lipinski definition) is 3. The van der Waals surface area contributed by atoms with Crippen molar-refractivity contribution in [2.24, 2.45) is 0 Å². The number of rotatable bonds is 6. The minimum atomic E-state index is -1.82. The van der Waals surface area contributed by atoms with Crippen molar-refractivity contribution in [2.45, 2.75) is 13.0 Å². The van der Waals surface area contributed by atoms with Crippen LogP contribution in [0.1, 0.15) is 11.1 Å². The molecule has 0 amide bonds. The Bertz CT molecular complexity index is 614. The number of aliphatic carboxylic acids is 2. The highest BCUT2D eigenvalue weighted by atomic mass is 16.5. The molecule has 128 valence electrons. The van der Waals surface area contributed by atoms with Crippen molar-refractivity contribution in [1.29, 1.82) is 0 Å². The van der Waals surface area contributed by atoms with Crippen LogP contribution in [-0.4, -0.2) is 35.8 Å². The molecule has 2 aromatic rings. The summed E-state index contributed by atoms with van der Waals surface area (Å²) in [4.78, 5) is 18.2. The summed E-state index contributed by atoms with van der Waals surface area (Å²) in [7, 11) is 1.69. The summed E-state index contributed by atoms with van der Waals surface area (Å²) in [5, 5.41) is 18.2. The zero-order valence-electron chi connectivity index (χ0n) is 13.4. The molecule has 0 aliphatic rings. The van der Waals surface area contributed by atoms with Gasteiger partial charge in [0.1, 0.15) is 5.75 Å². The second kappa shape index (κ2) is 10.8. The highest BCUT2D eigenvalue weighted by Gasteiger charge is 2.04. The summed E-state index contributed by atoms with van der Waals surface area (Å²) in [6, 6.07) is 18.7. The van der Waals surface area contributed by atoms with Crippen LogP contribution in [0.25, 0.3) is 0 Å². The molecule has 0 fully saturated rings. The quantitative estimate of drug-likeness (QED) is 0.555. The van der Waals surface area contributed by atoms with E-state index in [1.54, 1.807) is 7.11 Å². The second-order valence-electron chi connectivity index (χ2n) is 4.87. The van der Waals surface area contributed by atoms with Crippen molar-refractivity contribution in [3.8, 4) is 5.75 Å². The average Bonchev–Trinajstić information content (AvgIpc) is 2.60. The third kappa shape index (κ3) is 7.95. The normalized spacial score (nSPS) is 9.54. The van der Waals surface area contributed by atoms with E-state index in [0.717, 1.165) is 25.3 Å². The fraction of sp³-hybridized carbons (Fsp3) is 0.222. The maximum Gasteiger partial charge on any atom is 0.414 e. The van der Waals surface area contributed by atoms with Crippen LogP contribution in [0.2, 0.25) is 0 Å². The van der Waals surface area contributed by atoms with Gasteiger partial charge in [0.15, 0.2) is 0 Å². The van der Waals surface area contributed by atoms with Gasteiger partial charge in [-0.3, -0.25) is 0 Å². The first-order valence-electron chi connectivity index (χ1n) is 7.36. The van der Waals surface area contributed by atoms with Crippen LogP contribution in [-0.2, 0) is 22.6 Å². The first-order valence-corrected chi connectivity index (χ1v) is 7.36. The summed E-state index contributed by atoms with van der Waals surface area (Å²) in [6.07, 6.45) is 1.07. The molecule has 0 saturated carbocycles. The molecule has 6 heteroatoms. The third-order valence-electron chi connectivity index (χ3n) is 3.10. The van der Waals surface area contributed by atoms with Crippen LogP contribution in [0.5, 0.6) is 5.75 Å². The minimum absolute atomic E-state index is 0.900. The maximum absolute atomic E-state index is 9.10. The van der Waals surface area contributed by atoms with E-state index in [0.29, 0.717) is 0 Å². The number of carboxylic acids is 2. The first kappa shape index (κ1) is 19.2. The predicted molar refractivity (Wildman–Crippen MR) is 90.1 cm³/mol. The fourth-order valence-electron chi connectivity index (χ4n) is 1.85. The van der Waals surface area contributed by atoms with Crippen molar-refractivity contribution in [1.82, 2.24) is 5.32 Å². The summed E-state index contributed by atoms with van der Waals surface area (Å²) < 4.78 is 5.13. The molecular formula is C18H21NO5. The van der Waals surface area contributed by atoms with E-state index in [1.807, 2.05) is 18.2 Å². The SMILES string of the molecule is COc1ccc(CNCCc2ccccc2)cc1.O=C(O)C(=O)O. The van der Waals surface area contributed by atoms with Crippen LogP contribution >= 0.6 is 0 Å². The Labute approximate surface area is 140 Å². The molecule has 0 aliphatic heterocycles. The number of methoxy groups -OCH3 is 1. The third-order valence-corrected chi connectivity index (χ3v) is 3.10. The highest BCUT2D eigenvalue weighted by Crippen LogP contribution is 2.10. The van der Waals surface area contributed by atoms with Gasteiger partial charge in [0.05, 0.1) is 7.11 Å². The predicted octanol–water partition coefficient (Wildman–Crippen LogP) is 2.18. The summed E-state index contributed by atoms with van der Waals surface area (Å²) in [6.45, 7) is 1.90. The Morgan fingerprint density at radius 3 is 2.00 bits per heavy atom. The molecule has 0 aromatic heterocycles. The molecule has 0 radical (unpaired) electrons. The number of carbonyl (C=O) groups is 2. The van der Waals surface area contributed by atoms with E-state index >= 15 is 0 Å². The van der Waals surface area contributed by atoms with Crippen molar-refractivity contribution in [3.05, 3.63) is 65.7 Å². The van der Waals surface area contributed by atoms with E-state index in [4.69, 9.17) is 24.5 Å². The molecule has 0 heterocycles. The van der Waals surface area contributed by atoms with Gasteiger partial charge >= 0.3 is 11.9 Å². The minimum Gasteiger partial charge on any atom is -0.497 e. The van der Waals surface area contributed by atoms with Crippen molar-refractivity contribution in [2.75, 3.05) is 13.7 Å². The lowest BCUT2D eigenvalue weighted by atomic mass is 10.1. The fourth-order valence-corrected chi connectivity index (χ4v) is 1.85. The van der Waals surface area contributed by atoms with E-state index in [9.17, 15) is 0 Å². The molecule has 0 bridgehead atoms. The molecule has 2 aromatic carbocycles. The van der Waals surface area contributed by atoms with Crippen LogP contribution in [0.4, 0.5) is 0 Å². The second-order valence-corrected chi connectivity index (χ2v) is 4.87. The zero-order chi connectivity index (χ0) is 17.8. The molecule has 2 rings (SSSR count). The molecule has 3 N–H and O–H groups in total. The Kier molecular flexibility index (Phi) is 8.63. The van der Waals surface area contributed by atoms with Crippen LogP contribution in [0.15, 0.2) is 54.6 Å². The summed E-state index contributed by atoms with van der Waals surface area (Å²) in [5.41, 5.74) is 2.66. The van der Waals surface area contributed by atoms with Crippen LogP contribution < -0.4 is 10.1 Å². The van der Waals surface area contributed by atoms with Gasteiger partial charge in [-0.15, -0.1) is 0 Å². The van der Waals surface area contributed by atoms with Gasteiger partial charge in [-0.05, 0) is 36.2 Å². The molecule has 6 nitrogen and oxygen atoms in total. The van der Waals surface area contributed by atoms with Crippen molar-refractivity contribution in [3.63, 3.8) is 0 Å². The Morgan fingerprint density at radius 1 is 0.917 bits per heavy atom. The molecule has 0 spiro atoms. The number of benzene rings is 2. The monoisotopic (exact) mass is 331 g/mol. The number of hydrogen-bond acceptors (Lipinski definition) is 4. The lowest BCUT2D eigenvalue weighted by molar-refractivity contribution is -0.159. The largest absolute Gasteiger partial charge is 0.497 e. The van der Waals surface area contributed by atoms with Gasteiger partial charge in [0.25, 0.3) is 0 Å². The smallest absolute Gasteiger partial charge is 0.414 e. The zero-order valence-corrected chi connectivity index (χ0v) is 13.4. The van der Waals surface area contributed by atoms with Gasteiger partial charge in [0.2, 0.25) is 0 Å². The lowest BCUT2D eigenvalue weighted by Crippen LogP contribution is -2.16. The standard InChI is InChI=1S/C16H19NO.C2H2O4/c1-18-16-9-7-15(8-10-16)13-17-12-11-14-5-3-2-4-6-14;3-1(4)2(5)6/h2-10,17H,11-13H2,1H3;(H,3,4)(H,5,6). The number of carboxylic acid groups (broad SMARTS) is 2. The van der Waals surface area contributed by atoms with E-state index in [-0.39, 0.29) is 0 Å². The topological polar surface area (TPSA) is 95.9 Å². The number of nitrogens with one attached hydrogen (secondary N) is 1. The summed E-state index contributed by atoms with van der Waals surface area (Å²) in [5.74, 6) is -2.74. The van der Waals surface area contributed by atoms with Crippen LogP contribution in [0.3, 0.4) is 0 Å². The highest BCUT2D eigenvalue weighted by molar-refractivity contribution is 6.27. The van der Waals surface area contributed by atoms with Gasteiger partial charge in [-0.1, -0.05) is 42.5 Å². The molecular weight excluding hydrogens is 310 g/mol. The number of ether oxygens (including phenoxy) is 1. The maximum atomic E-state index is 9.10. The molecule has 0 aliphatic carbocycles. The molecule has 0 saturated heterocycles. The average molecular weight is 331 g/mol. The van der Waals surface area contributed by atoms with Crippen molar-refractivity contribution < 1.29 is 24.5 Å². The Balaban J connectivity index is 0.000000413. The van der Waals surface area contributed by atoms with E-state index in [1.165, 1.54) is 11.1 Å². The lowest BCUT2D eigenvalue weighted by Gasteiger charge is -2.06. The van der Waals surface area contributed by atoms with Gasteiger partial charge in [0, 0.05) is 6.54 Å². The Hall–Kier alpha value is -2.86. The molecule has 0 unspecified atom stereocenters. The first-order chi connectivity index (χ1) is 11.5. The summed E-state index contributed by atoms with van der Waals surface area (Å²) >= 11 is 0. The van der Waals surface area contributed by atoms with E-state index < -0.39 is 11.9 Å². The van der Waals surface area contributed by atoms with E-state index in [2.05, 4.69) is 41.7 Å². The molecule has 24 heavy (non-hydrogen) atoms. The Morgan fingerprint density at radius 2 is 1.50 bits per heavy atom. The van der Waals surface area contributed by atoms with Crippen molar-refractivity contribution >= 4 is 11.9 Å². The molecule has 0 atom stereocenters. The van der Waals surface area contributed by atoms with Crippen LogP contribution in [0, 0.1) is 0 Å². The van der Waals surface area contributed by atoms with Gasteiger partial charge < -0.3 is 20.3 Å². The van der Waals surface area contributed by atoms with Gasteiger partial charge in [-0.2, -0.15) is 0 Å². The van der Waals surface area contributed by atoms with Gasteiger partial charge in [-0.25, -0.2) is 9.59 Å².